The largest absolute Gasteiger partial charge is 0.460 e. The summed E-state index contributed by atoms with van der Waals surface area (Å²) in [5, 5.41) is 0. The quantitative estimate of drug-likeness (QED) is 0.189. The van der Waals surface area contributed by atoms with E-state index in [9.17, 15) is 28.8 Å². The van der Waals surface area contributed by atoms with E-state index in [1.54, 1.807) is 25.7 Å². The molecule has 1 saturated heterocycles. The molecule has 1 heterocycles. The van der Waals surface area contributed by atoms with Crippen molar-refractivity contribution in [3.63, 3.8) is 0 Å². The van der Waals surface area contributed by atoms with Gasteiger partial charge >= 0.3 is 5.97 Å². The average Bonchev–Trinajstić information content (AvgIpc) is 3.13. The summed E-state index contributed by atoms with van der Waals surface area (Å²) in [7, 11) is 0. The molecule has 2 amide bonds. The SMILES string of the molecule is CC(C)=CC(=O)CC[C@H](CC(=O)OC(C)(C)C)C(=O)N1C[C@H]2C([C@H]1C(=O)CC(CC1CCC1)C(=O)C(N)=O)C2(C)C. The fraction of sp³-hybridized carbons (Fsp3) is 0.750. The van der Waals surface area contributed by atoms with Crippen LogP contribution in [0.2, 0.25) is 0 Å². The van der Waals surface area contributed by atoms with Gasteiger partial charge in [-0.1, -0.05) is 38.7 Å². The molecule has 0 bridgehead atoms. The fourth-order valence-electron chi connectivity index (χ4n) is 6.70. The monoisotopic (exact) mass is 572 g/mol. The van der Waals surface area contributed by atoms with Crippen LogP contribution in [0.25, 0.3) is 0 Å². The zero-order valence-corrected chi connectivity index (χ0v) is 25.8. The van der Waals surface area contributed by atoms with Gasteiger partial charge in [-0.3, -0.25) is 28.8 Å². The molecule has 228 valence electrons. The summed E-state index contributed by atoms with van der Waals surface area (Å²) in [6.45, 7) is 13.4. The predicted octanol–water partition coefficient (Wildman–Crippen LogP) is 3.95. The maximum Gasteiger partial charge on any atom is 0.307 e. The molecule has 9 heteroatoms. The van der Waals surface area contributed by atoms with E-state index in [1.165, 1.54) is 6.08 Å². The van der Waals surface area contributed by atoms with E-state index < -0.39 is 41.1 Å². The lowest BCUT2D eigenvalue weighted by Gasteiger charge is -2.34. The Hall–Kier alpha value is -2.84. The number of Topliss-reactive ketones (excluding diaryl/α,β-unsaturated/α-hetero) is 2. The van der Waals surface area contributed by atoms with Crippen LogP contribution in [0.3, 0.4) is 0 Å². The Labute approximate surface area is 244 Å². The second-order valence-electron chi connectivity index (χ2n) is 14.2. The molecule has 2 N–H and O–H groups in total. The topological polar surface area (TPSA) is 141 Å². The Bertz CT molecular complexity index is 1110. The molecule has 2 aliphatic carbocycles. The Balaban J connectivity index is 1.83. The maximum atomic E-state index is 14.0. The van der Waals surface area contributed by atoms with Gasteiger partial charge < -0.3 is 15.4 Å². The number of allylic oxidation sites excluding steroid dienone is 2. The van der Waals surface area contributed by atoms with Crippen LogP contribution in [0.15, 0.2) is 11.6 Å². The second kappa shape index (κ2) is 12.6. The molecule has 3 fully saturated rings. The van der Waals surface area contributed by atoms with E-state index in [0.717, 1.165) is 24.8 Å². The Morgan fingerprint density at radius 3 is 2.17 bits per heavy atom. The van der Waals surface area contributed by atoms with Crippen LogP contribution in [-0.2, 0) is 33.5 Å². The highest BCUT2D eigenvalue weighted by Gasteiger charge is 2.69. The van der Waals surface area contributed by atoms with Crippen molar-refractivity contribution in [3.05, 3.63) is 11.6 Å². The molecule has 0 radical (unpaired) electrons. The number of rotatable bonds is 14. The van der Waals surface area contributed by atoms with Crippen LogP contribution in [0.1, 0.15) is 99.8 Å². The van der Waals surface area contributed by atoms with Crippen molar-refractivity contribution in [2.24, 2.45) is 40.7 Å². The molecule has 1 aliphatic heterocycles. The number of carbonyl (C=O) groups excluding carboxylic acids is 6. The minimum atomic E-state index is -1.04. The summed E-state index contributed by atoms with van der Waals surface area (Å²) in [5.41, 5.74) is 5.30. The number of ketones is 3. The smallest absolute Gasteiger partial charge is 0.307 e. The standard InChI is InChI=1S/C32H48N2O7/c1-18(2)13-22(35)12-11-20(16-25(37)41-31(3,4)5)30(40)34-17-23-26(32(23,6)7)27(34)24(36)15-21(28(38)29(33)39)14-19-9-8-10-19/h13,19-21,23,26-27H,8-12,14-17H2,1-7H3,(H2,33,39)/t20-,21?,23+,26?,27-/m1/s1. The van der Waals surface area contributed by atoms with Crippen LogP contribution < -0.4 is 5.73 Å². The Kier molecular flexibility index (Phi) is 10.0. The number of primary amides is 1. The number of amides is 2. The van der Waals surface area contributed by atoms with Crippen molar-refractivity contribution in [3.8, 4) is 0 Å². The highest BCUT2D eigenvalue weighted by atomic mass is 16.6. The summed E-state index contributed by atoms with van der Waals surface area (Å²) < 4.78 is 5.49. The van der Waals surface area contributed by atoms with Crippen LogP contribution in [0.5, 0.6) is 0 Å². The van der Waals surface area contributed by atoms with Crippen molar-refractivity contribution in [2.45, 2.75) is 111 Å². The van der Waals surface area contributed by atoms with Gasteiger partial charge in [-0.05, 0) is 76.7 Å². The van der Waals surface area contributed by atoms with Gasteiger partial charge in [0.25, 0.3) is 5.91 Å². The molecule has 0 aromatic carbocycles. The first-order valence-electron chi connectivity index (χ1n) is 15.0. The average molecular weight is 573 g/mol. The van der Waals surface area contributed by atoms with Gasteiger partial charge in [-0.2, -0.15) is 0 Å². The summed E-state index contributed by atoms with van der Waals surface area (Å²) in [4.78, 5) is 79.2. The number of esters is 1. The minimum Gasteiger partial charge on any atom is -0.460 e. The van der Waals surface area contributed by atoms with Crippen molar-refractivity contribution in [1.29, 1.82) is 0 Å². The van der Waals surface area contributed by atoms with Gasteiger partial charge in [0.15, 0.2) is 11.6 Å². The second-order valence-corrected chi connectivity index (χ2v) is 14.2. The number of hydrogen-bond acceptors (Lipinski definition) is 7. The van der Waals surface area contributed by atoms with Gasteiger partial charge in [0.2, 0.25) is 11.7 Å². The number of ether oxygens (including phenoxy) is 1. The first kappa shape index (κ1) is 32.7. The molecule has 9 nitrogen and oxygen atoms in total. The lowest BCUT2D eigenvalue weighted by molar-refractivity contribution is -0.159. The molecule has 0 aromatic heterocycles. The van der Waals surface area contributed by atoms with Crippen molar-refractivity contribution in [2.75, 3.05) is 6.54 Å². The van der Waals surface area contributed by atoms with Crippen molar-refractivity contribution >= 4 is 35.1 Å². The molecule has 5 atom stereocenters. The van der Waals surface area contributed by atoms with E-state index in [1.807, 2.05) is 13.8 Å². The molecule has 2 unspecified atom stereocenters. The zero-order chi connectivity index (χ0) is 30.9. The number of likely N-dealkylation sites (tertiary alicyclic amines) is 1. The summed E-state index contributed by atoms with van der Waals surface area (Å²) in [6, 6.07) is -0.748. The molecular weight excluding hydrogens is 524 g/mol. The van der Waals surface area contributed by atoms with E-state index in [4.69, 9.17) is 10.5 Å². The first-order valence-corrected chi connectivity index (χ1v) is 15.0. The van der Waals surface area contributed by atoms with Crippen LogP contribution in [0.4, 0.5) is 0 Å². The first-order chi connectivity index (χ1) is 18.9. The molecule has 41 heavy (non-hydrogen) atoms. The lowest BCUT2D eigenvalue weighted by Crippen LogP contribution is -2.49. The Morgan fingerprint density at radius 1 is 1.02 bits per heavy atom. The number of hydrogen-bond donors (Lipinski definition) is 1. The molecule has 3 aliphatic rings. The minimum absolute atomic E-state index is 0.0681. The summed E-state index contributed by atoms with van der Waals surface area (Å²) in [6.07, 6.45) is 4.86. The molecular formula is C32H48N2O7. The maximum absolute atomic E-state index is 14.0. The van der Waals surface area contributed by atoms with Crippen molar-refractivity contribution in [1.82, 2.24) is 4.90 Å². The third kappa shape index (κ3) is 8.13. The number of piperidine rings is 1. The van der Waals surface area contributed by atoms with E-state index in [0.29, 0.717) is 18.9 Å². The molecule has 2 saturated carbocycles. The third-order valence-corrected chi connectivity index (χ3v) is 9.10. The van der Waals surface area contributed by atoms with E-state index in [2.05, 4.69) is 13.8 Å². The highest BCUT2D eigenvalue weighted by Crippen LogP contribution is 2.65. The predicted molar refractivity (Wildman–Crippen MR) is 153 cm³/mol. The lowest BCUT2D eigenvalue weighted by atomic mass is 9.76. The van der Waals surface area contributed by atoms with Gasteiger partial charge in [0, 0.05) is 31.2 Å². The van der Waals surface area contributed by atoms with Crippen LogP contribution >= 0.6 is 0 Å². The van der Waals surface area contributed by atoms with Crippen molar-refractivity contribution < 1.29 is 33.5 Å². The number of nitrogens with two attached hydrogens (primary N) is 1. The Morgan fingerprint density at radius 2 is 1.66 bits per heavy atom. The van der Waals surface area contributed by atoms with Crippen LogP contribution in [0, 0.1) is 35.0 Å². The summed E-state index contributed by atoms with van der Waals surface area (Å²) >= 11 is 0. The van der Waals surface area contributed by atoms with Gasteiger partial charge in [-0.15, -0.1) is 0 Å². The highest BCUT2D eigenvalue weighted by molar-refractivity contribution is 6.36. The number of nitrogens with zero attached hydrogens (tertiary/aromatic N) is 1. The van der Waals surface area contributed by atoms with Crippen LogP contribution in [-0.4, -0.2) is 58.2 Å². The summed E-state index contributed by atoms with van der Waals surface area (Å²) in [5.74, 6) is -4.30. The normalized spacial score (nSPS) is 24.4. The van der Waals surface area contributed by atoms with E-state index >= 15 is 0 Å². The van der Waals surface area contributed by atoms with Gasteiger partial charge in [-0.25, -0.2) is 0 Å². The number of fused-ring (bicyclic) bond motifs is 1. The van der Waals surface area contributed by atoms with Gasteiger partial charge in [0.1, 0.15) is 5.60 Å². The third-order valence-electron chi connectivity index (χ3n) is 9.10. The number of carbonyl (C=O) groups is 6. The molecule has 0 spiro atoms. The van der Waals surface area contributed by atoms with Gasteiger partial charge in [0.05, 0.1) is 12.5 Å². The zero-order valence-electron chi connectivity index (χ0n) is 25.8. The fourth-order valence-corrected chi connectivity index (χ4v) is 6.70. The molecule has 0 aromatic rings. The molecule has 3 rings (SSSR count). The van der Waals surface area contributed by atoms with E-state index in [-0.39, 0.29) is 60.4 Å².